The second kappa shape index (κ2) is 7.75. The van der Waals surface area contributed by atoms with Crippen LogP contribution in [0.4, 0.5) is 5.69 Å². The molecule has 0 aromatic heterocycles. The highest BCUT2D eigenvalue weighted by Crippen LogP contribution is 2.19. The Morgan fingerprint density at radius 2 is 1.54 bits per heavy atom. The first kappa shape index (κ1) is 18.8. The van der Waals surface area contributed by atoms with E-state index < -0.39 is 20.0 Å². The van der Waals surface area contributed by atoms with Crippen molar-refractivity contribution in [1.29, 1.82) is 0 Å². The van der Waals surface area contributed by atoms with Gasteiger partial charge in [-0.1, -0.05) is 18.2 Å². The Morgan fingerprint density at radius 1 is 0.885 bits per heavy atom. The lowest BCUT2D eigenvalue weighted by atomic mass is 10.2. The van der Waals surface area contributed by atoms with Crippen LogP contribution in [0.15, 0.2) is 64.4 Å². The van der Waals surface area contributed by atoms with Crippen molar-refractivity contribution < 1.29 is 21.6 Å². The fourth-order valence-corrected chi connectivity index (χ4v) is 4.75. The van der Waals surface area contributed by atoms with Crippen molar-refractivity contribution in [3.63, 3.8) is 0 Å². The summed E-state index contributed by atoms with van der Waals surface area (Å²) in [5.41, 5.74) is 0.284. The third kappa shape index (κ3) is 4.61. The third-order valence-corrected chi connectivity index (χ3v) is 6.83. The van der Waals surface area contributed by atoms with Crippen molar-refractivity contribution in [2.45, 2.75) is 28.7 Å². The summed E-state index contributed by atoms with van der Waals surface area (Å²) in [4.78, 5) is 0.202. The Balaban J connectivity index is 1.68. The largest absolute Gasteiger partial charge is 0.377 e. The zero-order valence-electron chi connectivity index (χ0n) is 14.0. The van der Waals surface area contributed by atoms with Gasteiger partial charge in [0.1, 0.15) is 0 Å². The zero-order chi connectivity index (χ0) is 18.6. The predicted molar refractivity (Wildman–Crippen MR) is 97.9 cm³/mol. The molecule has 0 unspecified atom stereocenters. The highest BCUT2D eigenvalue weighted by atomic mass is 32.2. The van der Waals surface area contributed by atoms with E-state index in [0.29, 0.717) is 6.61 Å². The van der Waals surface area contributed by atoms with Gasteiger partial charge >= 0.3 is 0 Å². The lowest BCUT2D eigenvalue weighted by Gasteiger charge is -2.12. The molecule has 7 nitrogen and oxygen atoms in total. The van der Waals surface area contributed by atoms with Crippen LogP contribution in [0, 0.1) is 0 Å². The SMILES string of the molecule is O=S(=O)(NC[C@H]1CCCO1)c1ccc(NS(=O)(=O)c2ccccc2)cc1. The summed E-state index contributed by atoms with van der Waals surface area (Å²) in [5, 5.41) is 0. The first-order chi connectivity index (χ1) is 12.4. The number of hydrogen-bond donors (Lipinski definition) is 2. The summed E-state index contributed by atoms with van der Waals surface area (Å²) < 4.78 is 59.5. The Bertz CT molecular complexity index is 936. The van der Waals surface area contributed by atoms with E-state index >= 15 is 0 Å². The van der Waals surface area contributed by atoms with Gasteiger partial charge in [0, 0.05) is 18.8 Å². The summed E-state index contributed by atoms with van der Waals surface area (Å²) >= 11 is 0. The van der Waals surface area contributed by atoms with E-state index in [2.05, 4.69) is 9.44 Å². The van der Waals surface area contributed by atoms with E-state index in [4.69, 9.17) is 4.74 Å². The van der Waals surface area contributed by atoms with Crippen molar-refractivity contribution in [2.75, 3.05) is 17.9 Å². The molecule has 2 aromatic carbocycles. The van der Waals surface area contributed by atoms with Crippen LogP contribution in [-0.2, 0) is 24.8 Å². The monoisotopic (exact) mass is 396 g/mol. The minimum absolute atomic E-state index is 0.0677. The maximum atomic E-state index is 12.3. The van der Waals surface area contributed by atoms with Crippen LogP contribution in [0.25, 0.3) is 0 Å². The Labute approximate surface area is 153 Å². The average molecular weight is 396 g/mol. The van der Waals surface area contributed by atoms with Gasteiger partial charge in [-0.25, -0.2) is 21.6 Å². The minimum atomic E-state index is -3.71. The summed E-state index contributed by atoms with van der Waals surface area (Å²) in [6.07, 6.45) is 1.67. The van der Waals surface area contributed by atoms with Crippen molar-refractivity contribution in [3.05, 3.63) is 54.6 Å². The van der Waals surface area contributed by atoms with Gasteiger partial charge in [-0.15, -0.1) is 0 Å². The zero-order valence-corrected chi connectivity index (χ0v) is 15.6. The highest BCUT2D eigenvalue weighted by Gasteiger charge is 2.20. The van der Waals surface area contributed by atoms with Gasteiger partial charge in [-0.2, -0.15) is 0 Å². The fraction of sp³-hybridized carbons (Fsp3) is 0.294. The molecule has 0 bridgehead atoms. The number of anilines is 1. The van der Waals surface area contributed by atoms with Gasteiger partial charge < -0.3 is 4.74 Å². The summed E-state index contributed by atoms with van der Waals surface area (Å²) in [6.45, 7) is 0.882. The van der Waals surface area contributed by atoms with Gasteiger partial charge in [0.05, 0.1) is 15.9 Å². The second-order valence-corrected chi connectivity index (χ2v) is 9.38. The van der Waals surface area contributed by atoms with Gasteiger partial charge in [-0.05, 0) is 49.2 Å². The molecule has 2 aromatic rings. The van der Waals surface area contributed by atoms with Crippen LogP contribution >= 0.6 is 0 Å². The molecule has 3 rings (SSSR count). The Hall–Kier alpha value is -1.94. The molecule has 0 aliphatic carbocycles. The second-order valence-electron chi connectivity index (χ2n) is 5.93. The van der Waals surface area contributed by atoms with Gasteiger partial charge in [0.2, 0.25) is 10.0 Å². The minimum Gasteiger partial charge on any atom is -0.377 e. The first-order valence-corrected chi connectivity index (χ1v) is 11.1. The topological polar surface area (TPSA) is 102 Å². The van der Waals surface area contributed by atoms with Crippen molar-refractivity contribution >= 4 is 25.7 Å². The smallest absolute Gasteiger partial charge is 0.261 e. The van der Waals surface area contributed by atoms with Crippen LogP contribution in [0.5, 0.6) is 0 Å². The third-order valence-electron chi connectivity index (χ3n) is 4.00. The molecule has 0 spiro atoms. The van der Waals surface area contributed by atoms with Crippen molar-refractivity contribution in [3.8, 4) is 0 Å². The first-order valence-electron chi connectivity index (χ1n) is 8.16. The molecule has 0 radical (unpaired) electrons. The molecule has 0 saturated carbocycles. The van der Waals surface area contributed by atoms with E-state index in [-0.39, 0.29) is 28.1 Å². The molecule has 1 aliphatic heterocycles. The van der Waals surface area contributed by atoms with Crippen molar-refractivity contribution in [1.82, 2.24) is 4.72 Å². The lowest BCUT2D eigenvalue weighted by Crippen LogP contribution is -2.31. The Morgan fingerprint density at radius 3 is 2.15 bits per heavy atom. The number of rotatable bonds is 7. The number of benzene rings is 2. The highest BCUT2D eigenvalue weighted by molar-refractivity contribution is 7.92. The quantitative estimate of drug-likeness (QED) is 0.745. The molecule has 26 heavy (non-hydrogen) atoms. The molecule has 1 saturated heterocycles. The molecule has 2 N–H and O–H groups in total. The molecule has 1 heterocycles. The fourth-order valence-electron chi connectivity index (χ4n) is 2.61. The van der Waals surface area contributed by atoms with Gasteiger partial charge in [-0.3, -0.25) is 4.72 Å². The molecule has 9 heteroatoms. The summed E-state index contributed by atoms with van der Waals surface area (Å²) in [7, 11) is -7.38. The van der Waals surface area contributed by atoms with Crippen LogP contribution < -0.4 is 9.44 Å². The number of sulfonamides is 2. The molecule has 1 atom stereocenters. The molecule has 1 aliphatic rings. The molecular weight excluding hydrogens is 376 g/mol. The summed E-state index contributed by atoms with van der Waals surface area (Å²) in [6, 6.07) is 13.5. The van der Waals surface area contributed by atoms with Crippen LogP contribution in [0.3, 0.4) is 0 Å². The van der Waals surface area contributed by atoms with Crippen LogP contribution in [0.2, 0.25) is 0 Å². The van der Waals surface area contributed by atoms with E-state index in [1.807, 2.05) is 0 Å². The number of hydrogen-bond acceptors (Lipinski definition) is 5. The molecule has 140 valence electrons. The van der Waals surface area contributed by atoms with E-state index in [1.165, 1.54) is 36.4 Å². The van der Waals surface area contributed by atoms with Gasteiger partial charge in [0.25, 0.3) is 10.0 Å². The maximum Gasteiger partial charge on any atom is 0.261 e. The van der Waals surface area contributed by atoms with E-state index in [1.54, 1.807) is 18.2 Å². The van der Waals surface area contributed by atoms with E-state index in [0.717, 1.165) is 12.8 Å². The van der Waals surface area contributed by atoms with Crippen molar-refractivity contribution in [2.24, 2.45) is 0 Å². The van der Waals surface area contributed by atoms with Crippen LogP contribution in [-0.4, -0.2) is 36.1 Å². The average Bonchev–Trinajstić information content (AvgIpc) is 3.15. The summed E-state index contributed by atoms with van der Waals surface area (Å²) in [5.74, 6) is 0. The maximum absolute atomic E-state index is 12.3. The molecule has 0 amide bonds. The van der Waals surface area contributed by atoms with Crippen LogP contribution in [0.1, 0.15) is 12.8 Å². The lowest BCUT2D eigenvalue weighted by molar-refractivity contribution is 0.114. The van der Waals surface area contributed by atoms with E-state index in [9.17, 15) is 16.8 Å². The van der Waals surface area contributed by atoms with Gasteiger partial charge in [0.15, 0.2) is 0 Å². The number of nitrogens with one attached hydrogen (secondary N) is 2. The number of ether oxygens (including phenoxy) is 1. The molecular formula is C17H20N2O5S2. The Kier molecular flexibility index (Phi) is 5.61. The molecule has 1 fully saturated rings. The predicted octanol–water partition coefficient (Wildman–Crippen LogP) is 1.94. The normalized spacial score (nSPS) is 17.9. The standard InChI is InChI=1S/C17H20N2O5S2/c20-25(21,18-13-15-5-4-12-24-15)17-10-8-14(9-11-17)19-26(22,23)16-6-2-1-3-7-16/h1-3,6-11,15,18-19H,4-5,12-13H2/t15-/m1/s1.